The van der Waals surface area contributed by atoms with Crippen LogP contribution >= 0.6 is 0 Å². The van der Waals surface area contributed by atoms with Crippen LogP contribution in [-0.4, -0.2) is 18.4 Å². The standard InChI is InChI=1S/C21H25N3O2/c1-15(23-20(26)21(2,22)17-9-4-3-5-10-17)16-8-6-11-18(14-16)24-13-7-12-19(24)25/h3-6,8-11,14-15H,7,12-13,22H2,1-2H3,(H,23,26). The summed E-state index contributed by atoms with van der Waals surface area (Å²) in [7, 11) is 0. The topological polar surface area (TPSA) is 75.4 Å². The molecule has 0 aromatic heterocycles. The third-order valence-electron chi connectivity index (χ3n) is 4.95. The van der Waals surface area contributed by atoms with E-state index < -0.39 is 5.54 Å². The number of nitrogens with one attached hydrogen (secondary N) is 1. The van der Waals surface area contributed by atoms with Gasteiger partial charge in [-0.05, 0) is 43.5 Å². The number of carbonyl (C=O) groups is 2. The van der Waals surface area contributed by atoms with Crippen LogP contribution < -0.4 is 16.0 Å². The Balaban J connectivity index is 1.74. The van der Waals surface area contributed by atoms with Gasteiger partial charge in [-0.15, -0.1) is 0 Å². The molecular weight excluding hydrogens is 326 g/mol. The zero-order chi connectivity index (χ0) is 18.7. The highest BCUT2D eigenvalue weighted by atomic mass is 16.2. The molecule has 136 valence electrons. The molecule has 2 aromatic carbocycles. The lowest BCUT2D eigenvalue weighted by Gasteiger charge is -2.27. The van der Waals surface area contributed by atoms with Gasteiger partial charge in [-0.1, -0.05) is 42.5 Å². The van der Waals surface area contributed by atoms with Crippen molar-refractivity contribution in [1.29, 1.82) is 0 Å². The van der Waals surface area contributed by atoms with Crippen molar-refractivity contribution in [3.63, 3.8) is 0 Å². The van der Waals surface area contributed by atoms with Crippen LogP contribution in [0, 0.1) is 0 Å². The maximum Gasteiger partial charge on any atom is 0.244 e. The first-order chi connectivity index (χ1) is 12.4. The Morgan fingerprint density at radius 1 is 1.19 bits per heavy atom. The highest BCUT2D eigenvalue weighted by Gasteiger charge is 2.31. The molecule has 2 atom stereocenters. The Morgan fingerprint density at radius 3 is 2.58 bits per heavy atom. The first-order valence-corrected chi connectivity index (χ1v) is 8.95. The van der Waals surface area contributed by atoms with Crippen molar-refractivity contribution in [3.8, 4) is 0 Å². The number of carbonyl (C=O) groups excluding carboxylic acids is 2. The number of amides is 2. The molecule has 1 saturated heterocycles. The molecule has 3 N–H and O–H groups in total. The van der Waals surface area contributed by atoms with Crippen LogP contribution in [0.1, 0.15) is 43.9 Å². The van der Waals surface area contributed by atoms with E-state index in [-0.39, 0.29) is 17.9 Å². The second kappa shape index (κ2) is 7.30. The predicted octanol–water partition coefficient (Wildman–Crippen LogP) is 2.86. The molecule has 2 unspecified atom stereocenters. The largest absolute Gasteiger partial charge is 0.348 e. The zero-order valence-electron chi connectivity index (χ0n) is 15.2. The van der Waals surface area contributed by atoms with E-state index in [1.54, 1.807) is 11.8 Å². The second-order valence-corrected chi connectivity index (χ2v) is 7.01. The number of hydrogen-bond acceptors (Lipinski definition) is 3. The molecule has 0 radical (unpaired) electrons. The van der Waals surface area contributed by atoms with Gasteiger partial charge in [0.25, 0.3) is 0 Å². The van der Waals surface area contributed by atoms with Gasteiger partial charge >= 0.3 is 0 Å². The van der Waals surface area contributed by atoms with Gasteiger partial charge in [-0.3, -0.25) is 9.59 Å². The lowest BCUT2D eigenvalue weighted by atomic mass is 9.91. The molecule has 3 rings (SSSR count). The number of benzene rings is 2. The summed E-state index contributed by atoms with van der Waals surface area (Å²) >= 11 is 0. The number of hydrogen-bond donors (Lipinski definition) is 2. The summed E-state index contributed by atoms with van der Waals surface area (Å²) in [4.78, 5) is 26.5. The van der Waals surface area contributed by atoms with Gasteiger partial charge in [0.1, 0.15) is 5.54 Å². The minimum atomic E-state index is -1.11. The third kappa shape index (κ3) is 3.63. The highest BCUT2D eigenvalue weighted by Crippen LogP contribution is 2.25. The van der Waals surface area contributed by atoms with Crippen LogP contribution in [-0.2, 0) is 15.1 Å². The van der Waals surface area contributed by atoms with E-state index in [0.29, 0.717) is 6.42 Å². The molecule has 0 aliphatic carbocycles. The van der Waals surface area contributed by atoms with E-state index in [0.717, 1.165) is 29.8 Å². The molecule has 1 heterocycles. The molecule has 0 bridgehead atoms. The smallest absolute Gasteiger partial charge is 0.244 e. The summed E-state index contributed by atoms with van der Waals surface area (Å²) < 4.78 is 0. The quantitative estimate of drug-likeness (QED) is 0.870. The van der Waals surface area contributed by atoms with Crippen molar-refractivity contribution in [1.82, 2.24) is 5.32 Å². The molecule has 0 spiro atoms. The summed E-state index contributed by atoms with van der Waals surface area (Å²) in [6, 6.07) is 16.9. The second-order valence-electron chi connectivity index (χ2n) is 7.01. The molecule has 5 heteroatoms. The van der Waals surface area contributed by atoms with Crippen LogP contribution in [0.15, 0.2) is 54.6 Å². The summed E-state index contributed by atoms with van der Waals surface area (Å²) in [6.45, 7) is 4.38. The minimum absolute atomic E-state index is 0.150. The first kappa shape index (κ1) is 18.1. The van der Waals surface area contributed by atoms with E-state index in [1.165, 1.54) is 0 Å². The van der Waals surface area contributed by atoms with Crippen molar-refractivity contribution in [2.45, 2.75) is 38.3 Å². The maximum atomic E-state index is 12.7. The summed E-state index contributed by atoms with van der Waals surface area (Å²) in [5.41, 5.74) is 7.77. The summed E-state index contributed by atoms with van der Waals surface area (Å²) in [5.74, 6) is -0.0868. The lowest BCUT2D eigenvalue weighted by Crippen LogP contribution is -2.49. The van der Waals surface area contributed by atoms with E-state index in [9.17, 15) is 9.59 Å². The average molecular weight is 351 g/mol. The van der Waals surface area contributed by atoms with Crippen LogP contribution in [0.5, 0.6) is 0 Å². The van der Waals surface area contributed by atoms with Crippen LogP contribution in [0.25, 0.3) is 0 Å². The molecule has 1 aliphatic heterocycles. The Hall–Kier alpha value is -2.66. The molecule has 2 aromatic rings. The van der Waals surface area contributed by atoms with E-state index in [1.807, 2.05) is 61.5 Å². The van der Waals surface area contributed by atoms with Gasteiger partial charge in [0.15, 0.2) is 0 Å². The molecule has 2 amide bonds. The molecule has 5 nitrogen and oxygen atoms in total. The Labute approximate surface area is 154 Å². The number of rotatable bonds is 5. The van der Waals surface area contributed by atoms with Crippen molar-refractivity contribution < 1.29 is 9.59 Å². The van der Waals surface area contributed by atoms with Gasteiger partial charge in [0.2, 0.25) is 11.8 Å². The van der Waals surface area contributed by atoms with Crippen LogP contribution in [0.2, 0.25) is 0 Å². The summed E-state index contributed by atoms with van der Waals surface area (Å²) in [6.07, 6.45) is 1.48. The highest BCUT2D eigenvalue weighted by molar-refractivity contribution is 5.95. The number of nitrogens with two attached hydrogens (primary N) is 1. The van der Waals surface area contributed by atoms with Crippen LogP contribution in [0.4, 0.5) is 5.69 Å². The molecular formula is C21H25N3O2. The monoisotopic (exact) mass is 351 g/mol. The molecule has 26 heavy (non-hydrogen) atoms. The molecule has 1 fully saturated rings. The molecule has 0 saturated carbocycles. The summed E-state index contributed by atoms with van der Waals surface area (Å²) in [5, 5.41) is 3.00. The maximum absolute atomic E-state index is 12.7. The van der Waals surface area contributed by atoms with Gasteiger partial charge in [0.05, 0.1) is 6.04 Å². The fourth-order valence-electron chi connectivity index (χ4n) is 3.23. The van der Waals surface area contributed by atoms with Crippen molar-refractivity contribution in [3.05, 3.63) is 65.7 Å². The first-order valence-electron chi connectivity index (χ1n) is 8.95. The van der Waals surface area contributed by atoms with Crippen LogP contribution in [0.3, 0.4) is 0 Å². The van der Waals surface area contributed by atoms with Gasteiger partial charge in [-0.25, -0.2) is 0 Å². The third-order valence-corrected chi connectivity index (χ3v) is 4.95. The Kier molecular flexibility index (Phi) is 5.09. The van der Waals surface area contributed by atoms with Gasteiger partial charge < -0.3 is 16.0 Å². The van der Waals surface area contributed by atoms with Crippen molar-refractivity contribution in [2.24, 2.45) is 5.73 Å². The Morgan fingerprint density at radius 2 is 1.92 bits per heavy atom. The van der Waals surface area contributed by atoms with Crippen molar-refractivity contribution in [2.75, 3.05) is 11.4 Å². The fraction of sp³-hybridized carbons (Fsp3) is 0.333. The Bertz CT molecular complexity index is 802. The van der Waals surface area contributed by atoms with E-state index in [4.69, 9.17) is 5.73 Å². The number of nitrogens with zero attached hydrogens (tertiary/aromatic N) is 1. The van der Waals surface area contributed by atoms with Gasteiger partial charge in [0, 0.05) is 18.7 Å². The zero-order valence-corrected chi connectivity index (χ0v) is 15.2. The van der Waals surface area contributed by atoms with E-state index >= 15 is 0 Å². The average Bonchev–Trinajstić information content (AvgIpc) is 3.08. The van der Waals surface area contributed by atoms with E-state index in [2.05, 4.69) is 5.32 Å². The fourth-order valence-corrected chi connectivity index (χ4v) is 3.23. The molecule has 1 aliphatic rings. The normalized spacial score (nSPS) is 17.7. The number of anilines is 1. The minimum Gasteiger partial charge on any atom is -0.348 e. The lowest BCUT2D eigenvalue weighted by molar-refractivity contribution is -0.126. The van der Waals surface area contributed by atoms with Gasteiger partial charge in [-0.2, -0.15) is 0 Å². The SMILES string of the molecule is CC(NC(=O)C(C)(N)c1ccccc1)c1cccc(N2CCCC2=O)c1. The van der Waals surface area contributed by atoms with Crippen molar-refractivity contribution >= 4 is 17.5 Å². The predicted molar refractivity (Wildman–Crippen MR) is 103 cm³/mol.